The number of halogens is 1. The summed E-state index contributed by atoms with van der Waals surface area (Å²) in [6.07, 6.45) is 0. The van der Waals surface area contributed by atoms with E-state index in [0.29, 0.717) is 29.4 Å². The Kier molecular flexibility index (Phi) is 4.60. The molecule has 1 saturated heterocycles. The molecule has 1 aliphatic heterocycles. The molecule has 118 valence electrons. The number of rotatable bonds is 3. The highest BCUT2D eigenvalue weighted by molar-refractivity contribution is 6.34. The maximum absolute atomic E-state index is 12.2. The molecule has 1 fully saturated rings. The Hall–Kier alpha value is -2.37. The van der Waals surface area contributed by atoms with E-state index in [-0.39, 0.29) is 18.4 Å². The van der Waals surface area contributed by atoms with Gasteiger partial charge in [0.2, 0.25) is 0 Å². The monoisotopic (exact) mass is 330 g/mol. The summed E-state index contributed by atoms with van der Waals surface area (Å²) in [6.45, 7) is 1.16. The van der Waals surface area contributed by atoms with Crippen LogP contribution in [-0.2, 0) is 9.53 Å². The number of carbonyl (C=O) groups is 2. The van der Waals surface area contributed by atoms with Crippen molar-refractivity contribution in [3.8, 4) is 0 Å². The molecule has 0 aliphatic carbocycles. The number of benzene rings is 2. The zero-order valence-electron chi connectivity index (χ0n) is 12.3. The van der Waals surface area contributed by atoms with Crippen LogP contribution in [0.4, 0.5) is 11.4 Å². The highest BCUT2D eigenvalue weighted by Crippen LogP contribution is 2.21. The van der Waals surface area contributed by atoms with Gasteiger partial charge in [-0.25, -0.2) is 0 Å². The van der Waals surface area contributed by atoms with Gasteiger partial charge in [-0.15, -0.1) is 0 Å². The van der Waals surface area contributed by atoms with Gasteiger partial charge < -0.3 is 15.0 Å². The van der Waals surface area contributed by atoms with Crippen molar-refractivity contribution >= 4 is 34.8 Å². The van der Waals surface area contributed by atoms with E-state index in [1.165, 1.54) is 0 Å². The van der Waals surface area contributed by atoms with Crippen molar-refractivity contribution in [3.63, 3.8) is 0 Å². The summed E-state index contributed by atoms with van der Waals surface area (Å²) < 4.78 is 5.11. The lowest BCUT2D eigenvalue weighted by Crippen LogP contribution is -2.41. The van der Waals surface area contributed by atoms with Crippen LogP contribution >= 0.6 is 11.6 Å². The third-order valence-electron chi connectivity index (χ3n) is 3.54. The molecule has 3 rings (SSSR count). The Balaban J connectivity index is 1.71. The van der Waals surface area contributed by atoms with Crippen molar-refractivity contribution in [3.05, 3.63) is 59.1 Å². The lowest BCUT2D eigenvalue weighted by atomic mass is 10.2. The van der Waals surface area contributed by atoms with E-state index in [1.54, 1.807) is 53.4 Å². The predicted molar refractivity (Wildman–Crippen MR) is 89.0 cm³/mol. The van der Waals surface area contributed by atoms with Crippen LogP contribution in [0.5, 0.6) is 0 Å². The van der Waals surface area contributed by atoms with Crippen molar-refractivity contribution in [2.24, 2.45) is 0 Å². The molecule has 0 bridgehead atoms. The Morgan fingerprint density at radius 2 is 1.87 bits per heavy atom. The number of nitrogens with one attached hydrogen (secondary N) is 1. The van der Waals surface area contributed by atoms with Crippen LogP contribution in [0.25, 0.3) is 0 Å². The topological polar surface area (TPSA) is 58.6 Å². The molecule has 1 heterocycles. The summed E-state index contributed by atoms with van der Waals surface area (Å²) in [5, 5.41) is 3.19. The van der Waals surface area contributed by atoms with Crippen LogP contribution in [0, 0.1) is 0 Å². The summed E-state index contributed by atoms with van der Waals surface area (Å²) in [6, 6.07) is 14.0. The molecule has 5 nitrogen and oxygen atoms in total. The standard InChI is InChI=1S/C17H15ClN2O3/c18-15-4-2-1-3-14(15)17(22)19-12-5-7-13(8-6-12)20-9-10-23-11-16(20)21/h1-8H,9-11H2,(H,19,22). The van der Waals surface area contributed by atoms with E-state index < -0.39 is 0 Å². The number of hydrogen-bond donors (Lipinski definition) is 1. The van der Waals surface area contributed by atoms with Gasteiger partial charge in [-0.1, -0.05) is 23.7 Å². The Bertz CT molecular complexity index is 731. The van der Waals surface area contributed by atoms with Gasteiger partial charge in [0, 0.05) is 17.9 Å². The smallest absolute Gasteiger partial charge is 0.257 e. The first kappa shape index (κ1) is 15.5. The first-order valence-corrected chi connectivity index (χ1v) is 7.57. The van der Waals surface area contributed by atoms with Gasteiger partial charge >= 0.3 is 0 Å². The van der Waals surface area contributed by atoms with Gasteiger partial charge in [0.05, 0.1) is 17.2 Å². The maximum Gasteiger partial charge on any atom is 0.257 e. The molecular weight excluding hydrogens is 316 g/mol. The summed E-state index contributed by atoms with van der Waals surface area (Å²) in [7, 11) is 0. The Morgan fingerprint density at radius 1 is 1.13 bits per heavy atom. The number of hydrogen-bond acceptors (Lipinski definition) is 3. The first-order valence-electron chi connectivity index (χ1n) is 7.19. The highest BCUT2D eigenvalue weighted by Gasteiger charge is 2.20. The van der Waals surface area contributed by atoms with Crippen molar-refractivity contribution < 1.29 is 14.3 Å². The molecule has 6 heteroatoms. The molecule has 0 atom stereocenters. The Labute approximate surface area is 138 Å². The number of ether oxygens (including phenoxy) is 1. The fraction of sp³-hybridized carbons (Fsp3) is 0.176. The summed E-state index contributed by atoms with van der Waals surface area (Å²) in [4.78, 5) is 25.7. The number of anilines is 2. The summed E-state index contributed by atoms with van der Waals surface area (Å²) in [5.41, 5.74) is 1.84. The minimum absolute atomic E-state index is 0.0656. The molecule has 0 unspecified atom stereocenters. The van der Waals surface area contributed by atoms with Crippen LogP contribution < -0.4 is 10.2 Å². The molecule has 1 N–H and O–H groups in total. The van der Waals surface area contributed by atoms with E-state index >= 15 is 0 Å². The first-order chi connectivity index (χ1) is 11.1. The second-order valence-electron chi connectivity index (χ2n) is 5.08. The van der Waals surface area contributed by atoms with Gasteiger partial charge in [0.25, 0.3) is 11.8 Å². The molecule has 23 heavy (non-hydrogen) atoms. The van der Waals surface area contributed by atoms with Gasteiger partial charge in [-0.2, -0.15) is 0 Å². The van der Waals surface area contributed by atoms with Crippen molar-refractivity contribution in [1.29, 1.82) is 0 Å². The van der Waals surface area contributed by atoms with Crippen molar-refractivity contribution in [2.75, 3.05) is 30.0 Å². The third kappa shape index (κ3) is 3.52. The van der Waals surface area contributed by atoms with E-state index in [0.717, 1.165) is 5.69 Å². The molecule has 2 amide bonds. The number of morpholine rings is 1. The molecule has 2 aromatic rings. The SMILES string of the molecule is O=C(Nc1ccc(N2CCOCC2=O)cc1)c1ccccc1Cl. The summed E-state index contributed by atoms with van der Waals surface area (Å²) in [5.74, 6) is -0.338. The van der Waals surface area contributed by atoms with Gasteiger partial charge in [-0.05, 0) is 36.4 Å². The van der Waals surface area contributed by atoms with Crippen LogP contribution in [0.15, 0.2) is 48.5 Å². The lowest BCUT2D eigenvalue weighted by Gasteiger charge is -2.26. The summed E-state index contributed by atoms with van der Waals surface area (Å²) >= 11 is 6.01. The van der Waals surface area contributed by atoms with Crippen molar-refractivity contribution in [1.82, 2.24) is 0 Å². The van der Waals surface area contributed by atoms with Gasteiger partial charge in [0.15, 0.2) is 0 Å². The van der Waals surface area contributed by atoms with Crippen LogP contribution in [0.2, 0.25) is 5.02 Å². The number of amides is 2. The van der Waals surface area contributed by atoms with E-state index in [1.807, 2.05) is 0 Å². The lowest BCUT2D eigenvalue weighted by molar-refractivity contribution is -0.125. The molecule has 0 radical (unpaired) electrons. The average molecular weight is 331 g/mol. The molecule has 2 aromatic carbocycles. The zero-order chi connectivity index (χ0) is 16.2. The largest absolute Gasteiger partial charge is 0.370 e. The van der Waals surface area contributed by atoms with Gasteiger partial charge in [-0.3, -0.25) is 9.59 Å². The molecule has 0 aromatic heterocycles. The number of carbonyl (C=O) groups excluding carboxylic acids is 2. The highest BCUT2D eigenvalue weighted by atomic mass is 35.5. The molecular formula is C17H15ClN2O3. The maximum atomic E-state index is 12.2. The minimum Gasteiger partial charge on any atom is -0.370 e. The quantitative estimate of drug-likeness (QED) is 0.941. The van der Waals surface area contributed by atoms with Crippen molar-refractivity contribution in [2.45, 2.75) is 0 Å². The third-order valence-corrected chi connectivity index (χ3v) is 3.87. The predicted octanol–water partition coefficient (Wildman–Crippen LogP) is 2.96. The fourth-order valence-corrected chi connectivity index (χ4v) is 2.58. The normalized spacial score (nSPS) is 14.7. The molecule has 0 spiro atoms. The van der Waals surface area contributed by atoms with E-state index in [9.17, 15) is 9.59 Å². The second-order valence-corrected chi connectivity index (χ2v) is 5.49. The zero-order valence-corrected chi connectivity index (χ0v) is 13.0. The number of nitrogens with zero attached hydrogens (tertiary/aromatic N) is 1. The van der Waals surface area contributed by atoms with Gasteiger partial charge in [0.1, 0.15) is 6.61 Å². The van der Waals surface area contributed by atoms with Crippen LogP contribution in [-0.4, -0.2) is 31.6 Å². The fourth-order valence-electron chi connectivity index (χ4n) is 2.36. The minimum atomic E-state index is -0.272. The van der Waals surface area contributed by atoms with E-state index in [2.05, 4.69) is 5.32 Å². The second kappa shape index (κ2) is 6.81. The Morgan fingerprint density at radius 3 is 2.57 bits per heavy atom. The van der Waals surface area contributed by atoms with Crippen LogP contribution in [0.1, 0.15) is 10.4 Å². The van der Waals surface area contributed by atoms with Crippen LogP contribution in [0.3, 0.4) is 0 Å². The average Bonchev–Trinajstić information content (AvgIpc) is 2.56. The molecule has 0 saturated carbocycles. The van der Waals surface area contributed by atoms with E-state index in [4.69, 9.17) is 16.3 Å². The molecule has 1 aliphatic rings.